The van der Waals surface area contributed by atoms with E-state index in [-0.39, 0.29) is 5.91 Å². The fourth-order valence-corrected chi connectivity index (χ4v) is 1.70. The van der Waals surface area contributed by atoms with Crippen molar-refractivity contribution in [3.05, 3.63) is 39.3 Å². The van der Waals surface area contributed by atoms with Crippen molar-refractivity contribution in [1.29, 1.82) is 0 Å². The molecule has 0 aliphatic heterocycles. The number of nitrogens with zero attached hydrogens (tertiary/aromatic N) is 2. The van der Waals surface area contributed by atoms with Crippen molar-refractivity contribution in [2.75, 3.05) is 5.32 Å². The molecule has 0 aliphatic rings. The Morgan fingerprint density at radius 3 is 2.67 bits per heavy atom. The SMILES string of the molecule is O=C(Nc1ccc(Br)cc1)c1nncs1. The fraction of sp³-hybridized carbons (Fsp3) is 0. The van der Waals surface area contributed by atoms with Crippen LogP contribution in [0.15, 0.2) is 34.2 Å². The molecule has 0 spiro atoms. The number of hydrogen-bond acceptors (Lipinski definition) is 4. The topological polar surface area (TPSA) is 54.9 Å². The summed E-state index contributed by atoms with van der Waals surface area (Å²) in [7, 11) is 0. The molecule has 0 unspecified atom stereocenters. The van der Waals surface area contributed by atoms with Crippen LogP contribution in [0.1, 0.15) is 9.80 Å². The summed E-state index contributed by atoms with van der Waals surface area (Å²) in [5, 5.41) is 10.4. The molecule has 76 valence electrons. The Kier molecular flexibility index (Phi) is 3.08. The quantitative estimate of drug-likeness (QED) is 0.922. The zero-order valence-electron chi connectivity index (χ0n) is 7.48. The van der Waals surface area contributed by atoms with Gasteiger partial charge in [0.15, 0.2) is 0 Å². The number of amides is 1. The van der Waals surface area contributed by atoms with Crippen LogP contribution < -0.4 is 5.32 Å². The Morgan fingerprint density at radius 1 is 1.33 bits per heavy atom. The first-order chi connectivity index (χ1) is 7.25. The molecule has 1 aromatic heterocycles. The second-order valence-corrected chi connectivity index (χ2v) is 4.45. The molecule has 0 aliphatic carbocycles. The first-order valence-corrected chi connectivity index (χ1v) is 5.76. The van der Waals surface area contributed by atoms with E-state index in [4.69, 9.17) is 0 Å². The fourth-order valence-electron chi connectivity index (χ4n) is 0.990. The molecule has 0 bridgehead atoms. The van der Waals surface area contributed by atoms with Crippen molar-refractivity contribution < 1.29 is 4.79 Å². The van der Waals surface area contributed by atoms with Crippen LogP contribution in [0, 0.1) is 0 Å². The maximum absolute atomic E-state index is 11.5. The summed E-state index contributed by atoms with van der Waals surface area (Å²) in [6.07, 6.45) is 0. The lowest BCUT2D eigenvalue weighted by Crippen LogP contribution is -2.11. The number of carbonyl (C=O) groups is 1. The molecule has 1 aromatic carbocycles. The van der Waals surface area contributed by atoms with E-state index in [1.807, 2.05) is 24.3 Å². The number of hydrogen-bond donors (Lipinski definition) is 1. The Bertz CT molecular complexity index is 455. The van der Waals surface area contributed by atoms with Gasteiger partial charge in [0.2, 0.25) is 5.01 Å². The number of nitrogens with one attached hydrogen (secondary N) is 1. The first kappa shape index (κ1) is 10.3. The van der Waals surface area contributed by atoms with Gasteiger partial charge in [-0.3, -0.25) is 4.79 Å². The number of aromatic nitrogens is 2. The molecule has 0 saturated carbocycles. The van der Waals surface area contributed by atoms with Crippen LogP contribution in [0.3, 0.4) is 0 Å². The van der Waals surface area contributed by atoms with Crippen molar-refractivity contribution in [3.8, 4) is 0 Å². The number of rotatable bonds is 2. The molecule has 1 N–H and O–H groups in total. The molecular weight excluding hydrogens is 278 g/mol. The van der Waals surface area contributed by atoms with Gasteiger partial charge in [0.1, 0.15) is 5.51 Å². The van der Waals surface area contributed by atoms with Gasteiger partial charge in [0.25, 0.3) is 5.91 Å². The minimum Gasteiger partial charge on any atom is -0.320 e. The Morgan fingerprint density at radius 2 is 2.07 bits per heavy atom. The predicted molar refractivity (Wildman–Crippen MR) is 62.0 cm³/mol. The van der Waals surface area contributed by atoms with Crippen molar-refractivity contribution >= 4 is 38.9 Å². The molecule has 0 radical (unpaired) electrons. The van der Waals surface area contributed by atoms with Gasteiger partial charge in [0, 0.05) is 10.2 Å². The van der Waals surface area contributed by atoms with Crippen LogP contribution >= 0.6 is 27.3 Å². The van der Waals surface area contributed by atoms with E-state index in [1.54, 1.807) is 0 Å². The van der Waals surface area contributed by atoms with Gasteiger partial charge in [-0.05, 0) is 24.3 Å². The second-order valence-electron chi connectivity index (χ2n) is 2.70. The van der Waals surface area contributed by atoms with Gasteiger partial charge in [-0.15, -0.1) is 10.2 Å². The number of halogens is 1. The van der Waals surface area contributed by atoms with Crippen molar-refractivity contribution in [2.45, 2.75) is 0 Å². The minimum atomic E-state index is -0.236. The summed E-state index contributed by atoms with van der Waals surface area (Å²) in [6, 6.07) is 7.33. The van der Waals surface area contributed by atoms with Gasteiger partial charge in [-0.25, -0.2) is 0 Å². The highest BCUT2D eigenvalue weighted by Gasteiger charge is 2.08. The molecule has 2 rings (SSSR count). The summed E-state index contributed by atoms with van der Waals surface area (Å²) in [6.45, 7) is 0. The summed E-state index contributed by atoms with van der Waals surface area (Å²) in [5.41, 5.74) is 2.26. The molecule has 1 heterocycles. The van der Waals surface area contributed by atoms with Gasteiger partial charge < -0.3 is 5.32 Å². The second kappa shape index (κ2) is 4.50. The van der Waals surface area contributed by atoms with Gasteiger partial charge in [0.05, 0.1) is 0 Å². The average Bonchev–Trinajstić information content (AvgIpc) is 2.74. The number of benzene rings is 1. The molecule has 6 heteroatoms. The lowest BCUT2D eigenvalue weighted by molar-refractivity contribution is 0.102. The van der Waals surface area contributed by atoms with E-state index in [1.165, 1.54) is 16.8 Å². The third kappa shape index (κ3) is 2.60. The zero-order chi connectivity index (χ0) is 10.7. The molecule has 2 aromatic rings. The van der Waals surface area contributed by atoms with E-state index in [0.29, 0.717) is 5.01 Å². The molecule has 15 heavy (non-hydrogen) atoms. The van der Waals surface area contributed by atoms with Crippen LogP contribution in [0.25, 0.3) is 0 Å². The first-order valence-electron chi connectivity index (χ1n) is 4.09. The van der Waals surface area contributed by atoms with Crippen LogP contribution in [-0.4, -0.2) is 16.1 Å². The van der Waals surface area contributed by atoms with Gasteiger partial charge in [-0.2, -0.15) is 0 Å². The predicted octanol–water partition coefficient (Wildman–Crippen LogP) is 2.55. The maximum atomic E-state index is 11.5. The Hall–Kier alpha value is -1.27. The summed E-state index contributed by atoms with van der Waals surface area (Å²) in [5.74, 6) is -0.236. The normalized spacial score (nSPS) is 9.93. The maximum Gasteiger partial charge on any atom is 0.286 e. The largest absolute Gasteiger partial charge is 0.320 e. The summed E-state index contributed by atoms with van der Waals surface area (Å²) < 4.78 is 0.969. The highest BCUT2D eigenvalue weighted by molar-refractivity contribution is 9.10. The molecule has 1 amide bonds. The van der Waals surface area contributed by atoms with E-state index in [0.717, 1.165) is 10.2 Å². The van der Waals surface area contributed by atoms with Crippen LogP contribution in [-0.2, 0) is 0 Å². The van der Waals surface area contributed by atoms with E-state index in [9.17, 15) is 4.79 Å². The van der Waals surface area contributed by atoms with E-state index < -0.39 is 0 Å². The minimum absolute atomic E-state index is 0.236. The summed E-state index contributed by atoms with van der Waals surface area (Å²) in [4.78, 5) is 11.5. The molecular formula is C9H6BrN3OS. The molecule has 0 fully saturated rings. The monoisotopic (exact) mass is 283 g/mol. The average molecular weight is 284 g/mol. The third-order valence-electron chi connectivity index (χ3n) is 1.66. The standard InChI is InChI=1S/C9H6BrN3OS/c10-6-1-3-7(4-2-6)12-8(14)9-13-11-5-15-9/h1-5H,(H,12,14). The van der Waals surface area contributed by atoms with Crippen LogP contribution in [0.2, 0.25) is 0 Å². The molecule has 0 atom stereocenters. The molecule has 4 nitrogen and oxygen atoms in total. The van der Waals surface area contributed by atoms with Crippen LogP contribution in [0.5, 0.6) is 0 Å². The van der Waals surface area contributed by atoms with Crippen LogP contribution in [0.4, 0.5) is 5.69 Å². The van der Waals surface area contributed by atoms with Gasteiger partial charge >= 0.3 is 0 Å². The van der Waals surface area contributed by atoms with Crippen molar-refractivity contribution in [3.63, 3.8) is 0 Å². The van der Waals surface area contributed by atoms with Gasteiger partial charge in [-0.1, -0.05) is 27.3 Å². The van der Waals surface area contributed by atoms with Crippen molar-refractivity contribution in [2.24, 2.45) is 0 Å². The Balaban J connectivity index is 2.09. The zero-order valence-corrected chi connectivity index (χ0v) is 9.88. The highest BCUT2D eigenvalue weighted by atomic mass is 79.9. The number of anilines is 1. The lowest BCUT2D eigenvalue weighted by Gasteiger charge is -2.01. The Labute approximate surface area is 98.5 Å². The summed E-state index contributed by atoms with van der Waals surface area (Å²) >= 11 is 4.53. The van der Waals surface area contributed by atoms with Crippen molar-refractivity contribution in [1.82, 2.24) is 10.2 Å². The number of carbonyl (C=O) groups excluding carboxylic acids is 1. The highest BCUT2D eigenvalue weighted by Crippen LogP contribution is 2.15. The smallest absolute Gasteiger partial charge is 0.286 e. The lowest BCUT2D eigenvalue weighted by atomic mass is 10.3. The molecule has 0 saturated heterocycles. The van der Waals surface area contributed by atoms with E-state index in [2.05, 4.69) is 31.4 Å². The van der Waals surface area contributed by atoms with E-state index >= 15 is 0 Å². The third-order valence-corrected chi connectivity index (χ3v) is 2.88.